The predicted octanol–water partition coefficient (Wildman–Crippen LogP) is 2.65. The average molecular weight is 211 g/mol. The van der Waals surface area contributed by atoms with Crippen LogP contribution in [0.1, 0.15) is 32.6 Å². The van der Waals surface area contributed by atoms with Crippen molar-refractivity contribution < 1.29 is 18.0 Å². The van der Waals surface area contributed by atoms with Gasteiger partial charge in [-0.25, -0.2) is 0 Å². The van der Waals surface area contributed by atoms with Gasteiger partial charge in [-0.2, -0.15) is 18.7 Å². The molecule has 0 bridgehead atoms. The first-order chi connectivity index (χ1) is 6.47. The molecule has 1 N–H and O–H groups in total. The molecule has 0 amide bonds. The van der Waals surface area contributed by atoms with Gasteiger partial charge in [0.15, 0.2) is 6.61 Å². The Morgan fingerprint density at radius 2 is 2.07 bits per heavy atom. The molecule has 14 heavy (non-hydrogen) atoms. The third kappa shape index (κ3) is 4.81. The summed E-state index contributed by atoms with van der Waals surface area (Å²) in [7, 11) is 0. The van der Waals surface area contributed by atoms with E-state index in [4.69, 9.17) is 0 Å². The zero-order valence-electron chi connectivity index (χ0n) is 8.23. The first-order valence-corrected chi connectivity index (χ1v) is 4.91. The van der Waals surface area contributed by atoms with Gasteiger partial charge in [0.25, 0.3) is 0 Å². The molecule has 5 heteroatoms. The summed E-state index contributed by atoms with van der Waals surface area (Å²) >= 11 is 0. The number of hydrogen-bond donors (Lipinski definition) is 1. The molecule has 0 aromatic rings. The molecule has 0 aromatic heterocycles. The fourth-order valence-corrected chi connectivity index (χ4v) is 1.78. The number of alkyl halides is 3. The second kappa shape index (κ2) is 4.98. The van der Waals surface area contributed by atoms with Gasteiger partial charge in [-0.3, -0.25) is 4.84 Å². The number of rotatable bonds is 3. The van der Waals surface area contributed by atoms with Crippen molar-refractivity contribution in [2.24, 2.45) is 5.92 Å². The molecule has 84 valence electrons. The van der Waals surface area contributed by atoms with Gasteiger partial charge in [0.05, 0.1) is 0 Å². The zero-order chi connectivity index (χ0) is 10.6. The first-order valence-electron chi connectivity index (χ1n) is 4.91. The van der Waals surface area contributed by atoms with E-state index < -0.39 is 12.8 Å². The molecule has 0 radical (unpaired) electrons. The van der Waals surface area contributed by atoms with Crippen LogP contribution in [0.4, 0.5) is 13.2 Å². The Labute approximate surface area is 81.8 Å². The molecule has 0 heterocycles. The van der Waals surface area contributed by atoms with Crippen LogP contribution >= 0.6 is 0 Å². The van der Waals surface area contributed by atoms with E-state index in [0.717, 1.165) is 25.7 Å². The minimum Gasteiger partial charge on any atom is -0.292 e. The summed E-state index contributed by atoms with van der Waals surface area (Å²) in [4.78, 5) is 4.41. The molecule has 2 nitrogen and oxygen atoms in total. The molecule has 0 aromatic carbocycles. The Balaban J connectivity index is 2.12. The van der Waals surface area contributed by atoms with Gasteiger partial charge in [0, 0.05) is 6.04 Å². The molecule has 0 saturated heterocycles. The first kappa shape index (κ1) is 11.8. The summed E-state index contributed by atoms with van der Waals surface area (Å²) < 4.78 is 35.2. The SMILES string of the molecule is CC1CCCC(NOCC(F)(F)F)C1. The normalized spacial score (nSPS) is 29.1. The molecular formula is C9H16F3NO. The lowest BCUT2D eigenvalue weighted by molar-refractivity contribution is -0.194. The molecule has 1 aliphatic rings. The van der Waals surface area contributed by atoms with Gasteiger partial charge >= 0.3 is 6.18 Å². The lowest BCUT2D eigenvalue weighted by Gasteiger charge is -2.27. The Hall–Kier alpha value is -0.290. The summed E-state index contributed by atoms with van der Waals surface area (Å²) in [6.45, 7) is 0.898. The standard InChI is InChI=1S/C9H16F3NO/c1-7-3-2-4-8(5-7)13-14-6-9(10,11)12/h7-8,13H,2-6H2,1H3. The van der Waals surface area contributed by atoms with Crippen molar-refractivity contribution in [2.45, 2.75) is 44.8 Å². The molecule has 1 aliphatic carbocycles. The van der Waals surface area contributed by atoms with Crippen LogP contribution in [-0.2, 0) is 4.84 Å². The van der Waals surface area contributed by atoms with Crippen molar-refractivity contribution in [3.63, 3.8) is 0 Å². The fraction of sp³-hybridized carbons (Fsp3) is 1.00. The monoisotopic (exact) mass is 211 g/mol. The van der Waals surface area contributed by atoms with E-state index in [-0.39, 0.29) is 6.04 Å². The van der Waals surface area contributed by atoms with Gasteiger partial charge in [0.1, 0.15) is 0 Å². The largest absolute Gasteiger partial charge is 0.413 e. The van der Waals surface area contributed by atoms with E-state index in [1.807, 2.05) is 0 Å². The summed E-state index contributed by atoms with van der Waals surface area (Å²) in [5, 5.41) is 0. The lowest BCUT2D eigenvalue weighted by atomic mass is 9.87. The third-order valence-electron chi connectivity index (χ3n) is 2.42. The smallest absolute Gasteiger partial charge is 0.292 e. The van der Waals surface area contributed by atoms with Crippen molar-refractivity contribution in [1.29, 1.82) is 0 Å². The van der Waals surface area contributed by atoms with E-state index in [1.165, 1.54) is 0 Å². The van der Waals surface area contributed by atoms with Gasteiger partial charge in [-0.15, -0.1) is 0 Å². The van der Waals surface area contributed by atoms with Gasteiger partial charge in [-0.1, -0.05) is 19.8 Å². The molecule has 1 rings (SSSR count). The van der Waals surface area contributed by atoms with Crippen molar-refractivity contribution in [1.82, 2.24) is 5.48 Å². The van der Waals surface area contributed by atoms with Crippen molar-refractivity contribution in [2.75, 3.05) is 6.61 Å². The number of hydroxylamine groups is 1. The van der Waals surface area contributed by atoms with Crippen LogP contribution in [0.2, 0.25) is 0 Å². The maximum Gasteiger partial charge on any atom is 0.413 e. The van der Waals surface area contributed by atoms with Crippen molar-refractivity contribution in [3.8, 4) is 0 Å². The Morgan fingerprint density at radius 1 is 1.36 bits per heavy atom. The van der Waals surface area contributed by atoms with E-state index >= 15 is 0 Å². The highest BCUT2D eigenvalue weighted by atomic mass is 19.4. The highest BCUT2D eigenvalue weighted by molar-refractivity contribution is 4.73. The maximum absolute atomic E-state index is 11.7. The maximum atomic E-state index is 11.7. The van der Waals surface area contributed by atoms with E-state index in [1.54, 1.807) is 0 Å². The fourth-order valence-electron chi connectivity index (χ4n) is 1.78. The van der Waals surface area contributed by atoms with Crippen LogP contribution in [0.15, 0.2) is 0 Å². The summed E-state index contributed by atoms with van der Waals surface area (Å²) in [5.41, 5.74) is 2.49. The van der Waals surface area contributed by atoms with E-state index in [2.05, 4.69) is 17.2 Å². The highest BCUT2D eigenvalue weighted by Gasteiger charge is 2.28. The third-order valence-corrected chi connectivity index (χ3v) is 2.42. The minimum atomic E-state index is -4.24. The van der Waals surface area contributed by atoms with Crippen LogP contribution in [0.3, 0.4) is 0 Å². The van der Waals surface area contributed by atoms with Crippen LogP contribution in [-0.4, -0.2) is 18.8 Å². The van der Waals surface area contributed by atoms with Gasteiger partial charge < -0.3 is 0 Å². The molecule has 1 saturated carbocycles. The Morgan fingerprint density at radius 3 is 2.64 bits per heavy atom. The zero-order valence-corrected chi connectivity index (χ0v) is 8.23. The summed E-state index contributed by atoms with van der Waals surface area (Å²) in [5.74, 6) is 0.579. The molecular weight excluding hydrogens is 195 g/mol. The minimum absolute atomic E-state index is 0.0844. The molecule has 0 spiro atoms. The van der Waals surface area contributed by atoms with Crippen LogP contribution in [0, 0.1) is 5.92 Å². The van der Waals surface area contributed by atoms with E-state index in [0.29, 0.717) is 5.92 Å². The van der Waals surface area contributed by atoms with Gasteiger partial charge in [0.2, 0.25) is 0 Å². The molecule has 2 atom stereocenters. The lowest BCUT2D eigenvalue weighted by Crippen LogP contribution is -2.36. The van der Waals surface area contributed by atoms with Crippen LogP contribution in [0.5, 0.6) is 0 Å². The topological polar surface area (TPSA) is 21.3 Å². The molecule has 2 unspecified atom stereocenters. The number of halogens is 3. The second-order valence-electron chi connectivity index (χ2n) is 3.99. The summed E-state index contributed by atoms with van der Waals surface area (Å²) in [6.07, 6.45) is -0.209. The summed E-state index contributed by atoms with van der Waals surface area (Å²) in [6, 6.07) is 0.0844. The van der Waals surface area contributed by atoms with Gasteiger partial charge in [-0.05, 0) is 18.8 Å². The quantitative estimate of drug-likeness (QED) is 0.724. The second-order valence-corrected chi connectivity index (χ2v) is 3.99. The van der Waals surface area contributed by atoms with Crippen molar-refractivity contribution in [3.05, 3.63) is 0 Å². The van der Waals surface area contributed by atoms with Crippen LogP contribution < -0.4 is 5.48 Å². The molecule has 1 fully saturated rings. The highest BCUT2D eigenvalue weighted by Crippen LogP contribution is 2.23. The molecule has 0 aliphatic heterocycles. The Kier molecular flexibility index (Phi) is 4.19. The average Bonchev–Trinajstić information content (AvgIpc) is 2.01. The Bertz CT molecular complexity index is 172. The van der Waals surface area contributed by atoms with Crippen LogP contribution in [0.25, 0.3) is 0 Å². The number of hydrogen-bond acceptors (Lipinski definition) is 2. The number of nitrogens with one attached hydrogen (secondary N) is 1. The van der Waals surface area contributed by atoms with Crippen molar-refractivity contribution >= 4 is 0 Å². The van der Waals surface area contributed by atoms with E-state index in [9.17, 15) is 13.2 Å². The predicted molar refractivity (Wildman–Crippen MR) is 46.6 cm³/mol.